The standard InChI is InChI=1S/C22H24O7/c1-10-6-12-7-14(25-3)21(26-4)22(27-5)16(12)17-13(18(23)11(10)2)8-15-20(19(17)24)29-9-28-15/h7-8,10-11,24H,6,9H2,1-5H3. The molecular weight excluding hydrogens is 376 g/mol. The van der Waals surface area contributed by atoms with Gasteiger partial charge in [-0.2, -0.15) is 0 Å². The molecule has 2 unspecified atom stereocenters. The predicted molar refractivity (Wildman–Crippen MR) is 106 cm³/mol. The van der Waals surface area contributed by atoms with Crippen molar-refractivity contribution in [2.24, 2.45) is 11.8 Å². The summed E-state index contributed by atoms with van der Waals surface area (Å²) in [5.74, 6) is 1.50. The van der Waals surface area contributed by atoms with Crippen molar-refractivity contribution in [3.05, 3.63) is 23.3 Å². The van der Waals surface area contributed by atoms with Crippen LogP contribution >= 0.6 is 0 Å². The van der Waals surface area contributed by atoms with E-state index in [1.54, 1.807) is 13.2 Å². The highest BCUT2D eigenvalue weighted by Gasteiger charge is 2.37. The van der Waals surface area contributed by atoms with Gasteiger partial charge in [0.2, 0.25) is 18.3 Å². The number of phenols is 1. The summed E-state index contributed by atoms with van der Waals surface area (Å²) in [5, 5.41) is 11.1. The summed E-state index contributed by atoms with van der Waals surface area (Å²) in [6.07, 6.45) is 0.603. The Labute approximate surface area is 169 Å². The van der Waals surface area contributed by atoms with Crippen LogP contribution in [0, 0.1) is 11.8 Å². The number of hydrogen-bond acceptors (Lipinski definition) is 7. The normalized spacial score (nSPS) is 19.7. The van der Waals surface area contributed by atoms with Crippen molar-refractivity contribution >= 4 is 5.78 Å². The molecule has 2 aromatic carbocycles. The highest BCUT2D eigenvalue weighted by atomic mass is 16.7. The summed E-state index contributed by atoms with van der Waals surface area (Å²) in [6, 6.07) is 3.53. The first kappa shape index (κ1) is 19.2. The van der Waals surface area contributed by atoms with Gasteiger partial charge in [-0.15, -0.1) is 0 Å². The maximum Gasteiger partial charge on any atom is 0.231 e. The van der Waals surface area contributed by atoms with Crippen LogP contribution in [-0.2, 0) is 6.42 Å². The third-order valence-corrected chi connectivity index (χ3v) is 5.87. The van der Waals surface area contributed by atoms with E-state index in [2.05, 4.69) is 0 Å². The third-order valence-electron chi connectivity index (χ3n) is 5.87. The van der Waals surface area contributed by atoms with Gasteiger partial charge in [0, 0.05) is 22.6 Å². The second-order valence-electron chi connectivity index (χ2n) is 7.40. The Morgan fingerprint density at radius 2 is 1.72 bits per heavy atom. The number of hydrogen-bond donors (Lipinski definition) is 1. The second-order valence-corrected chi connectivity index (χ2v) is 7.40. The highest BCUT2D eigenvalue weighted by Crippen LogP contribution is 2.56. The van der Waals surface area contributed by atoms with E-state index in [1.807, 2.05) is 19.9 Å². The van der Waals surface area contributed by atoms with Gasteiger partial charge in [0.15, 0.2) is 28.8 Å². The van der Waals surface area contributed by atoms with Crippen LogP contribution in [0.2, 0.25) is 0 Å². The summed E-state index contributed by atoms with van der Waals surface area (Å²) < 4.78 is 27.7. The monoisotopic (exact) mass is 400 g/mol. The molecule has 4 rings (SSSR count). The molecule has 29 heavy (non-hydrogen) atoms. The first-order valence-corrected chi connectivity index (χ1v) is 9.44. The van der Waals surface area contributed by atoms with E-state index in [-0.39, 0.29) is 35.9 Å². The molecule has 1 heterocycles. The molecule has 1 aliphatic heterocycles. The number of Topliss-reactive ketones (excluding diaryl/α,β-unsaturated/α-hetero) is 1. The smallest absolute Gasteiger partial charge is 0.231 e. The van der Waals surface area contributed by atoms with Crippen LogP contribution in [0.4, 0.5) is 0 Å². The molecule has 1 N–H and O–H groups in total. The number of ether oxygens (including phenoxy) is 5. The van der Waals surface area contributed by atoms with Crippen molar-refractivity contribution < 1.29 is 33.6 Å². The summed E-state index contributed by atoms with van der Waals surface area (Å²) in [5.41, 5.74) is 2.23. The lowest BCUT2D eigenvalue weighted by Gasteiger charge is -2.28. The van der Waals surface area contributed by atoms with Gasteiger partial charge in [0.25, 0.3) is 0 Å². The molecule has 0 fully saturated rings. The van der Waals surface area contributed by atoms with Crippen molar-refractivity contribution in [3.63, 3.8) is 0 Å². The molecule has 2 aromatic rings. The summed E-state index contributed by atoms with van der Waals surface area (Å²) >= 11 is 0. The van der Waals surface area contributed by atoms with Crippen LogP contribution in [0.25, 0.3) is 11.1 Å². The molecule has 0 saturated heterocycles. The van der Waals surface area contributed by atoms with Crippen LogP contribution in [-0.4, -0.2) is 39.0 Å². The van der Waals surface area contributed by atoms with E-state index in [4.69, 9.17) is 23.7 Å². The average molecular weight is 400 g/mol. The van der Waals surface area contributed by atoms with Crippen LogP contribution in [0.1, 0.15) is 29.8 Å². The number of fused-ring (bicyclic) bond motifs is 4. The van der Waals surface area contributed by atoms with Crippen molar-refractivity contribution in [3.8, 4) is 45.6 Å². The van der Waals surface area contributed by atoms with Gasteiger partial charge in [-0.05, 0) is 30.0 Å². The number of aromatic hydroxyl groups is 1. The molecule has 0 bridgehead atoms. The van der Waals surface area contributed by atoms with Gasteiger partial charge in [-0.3, -0.25) is 4.79 Å². The number of rotatable bonds is 3. The zero-order chi connectivity index (χ0) is 20.9. The fraction of sp³-hybridized carbons (Fsp3) is 0.409. The Balaban J connectivity index is 2.15. The molecule has 0 spiro atoms. The minimum atomic E-state index is -0.249. The largest absolute Gasteiger partial charge is 0.504 e. The molecule has 0 saturated carbocycles. The lowest BCUT2D eigenvalue weighted by Crippen LogP contribution is -2.24. The van der Waals surface area contributed by atoms with E-state index in [0.29, 0.717) is 46.1 Å². The average Bonchev–Trinajstić information content (AvgIpc) is 3.20. The van der Waals surface area contributed by atoms with E-state index in [1.165, 1.54) is 14.2 Å². The SMILES string of the molecule is COc1cc2c(c(OC)c1OC)-c1c(cc3c(c1O)OCO3)C(=O)C(C)C(C)C2. The van der Waals surface area contributed by atoms with Gasteiger partial charge >= 0.3 is 0 Å². The number of phenolic OH excluding ortho intramolecular Hbond substituents is 1. The zero-order valence-electron chi connectivity index (χ0n) is 17.1. The number of carbonyl (C=O) groups is 1. The first-order chi connectivity index (χ1) is 13.9. The Morgan fingerprint density at radius 3 is 2.38 bits per heavy atom. The van der Waals surface area contributed by atoms with Crippen molar-refractivity contribution in [1.82, 2.24) is 0 Å². The number of benzene rings is 2. The predicted octanol–water partition coefficient (Wildman–Crippen LogP) is 3.82. The van der Waals surface area contributed by atoms with Crippen LogP contribution < -0.4 is 23.7 Å². The Kier molecular flexibility index (Phi) is 4.68. The van der Waals surface area contributed by atoms with E-state index < -0.39 is 0 Å². The summed E-state index contributed by atoms with van der Waals surface area (Å²) in [4.78, 5) is 13.3. The maximum absolute atomic E-state index is 13.3. The molecule has 154 valence electrons. The van der Waals surface area contributed by atoms with Crippen molar-refractivity contribution in [2.75, 3.05) is 28.1 Å². The minimum absolute atomic E-state index is 0.0120. The molecule has 0 amide bonds. The summed E-state index contributed by atoms with van der Waals surface area (Å²) in [7, 11) is 4.60. The molecule has 2 atom stereocenters. The van der Waals surface area contributed by atoms with E-state index in [9.17, 15) is 9.90 Å². The lowest BCUT2D eigenvalue weighted by molar-refractivity contribution is 0.0892. The number of carbonyl (C=O) groups excluding carboxylic acids is 1. The van der Waals surface area contributed by atoms with Crippen LogP contribution in [0.5, 0.6) is 34.5 Å². The number of methoxy groups -OCH3 is 3. The molecular formula is C22H24O7. The molecule has 7 nitrogen and oxygen atoms in total. The fourth-order valence-electron chi connectivity index (χ4n) is 4.14. The van der Waals surface area contributed by atoms with Gasteiger partial charge in [0.1, 0.15) is 0 Å². The molecule has 7 heteroatoms. The first-order valence-electron chi connectivity index (χ1n) is 9.44. The zero-order valence-corrected chi connectivity index (χ0v) is 17.1. The maximum atomic E-state index is 13.3. The molecule has 2 aliphatic rings. The minimum Gasteiger partial charge on any atom is -0.504 e. The van der Waals surface area contributed by atoms with Gasteiger partial charge in [-0.25, -0.2) is 0 Å². The summed E-state index contributed by atoms with van der Waals surface area (Å²) in [6.45, 7) is 3.93. The molecule has 1 aliphatic carbocycles. The van der Waals surface area contributed by atoms with Crippen LogP contribution in [0.3, 0.4) is 0 Å². The van der Waals surface area contributed by atoms with Crippen LogP contribution in [0.15, 0.2) is 12.1 Å². The van der Waals surface area contributed by atoms with Crippen molar-refractivity contribution in [2.45, 2.75) is 20.3 Å². The third kappa shape index (κ3) is 2.75. The second kappa shape index (κ2) is 7.06. The van der Waals surface area contributed by atoms with E-state index in [0.717, 1.165) is 5.56 Å². The number of ketones is 1. The lowest BCUT2D eigenvalue weighted by atomic mass is 9.77. The van der Waals surface area contributed by atoms with Gasteiger partial charge < -0.3 is 28.8 Å². The fourth-order valence-corrected chi connectivity index (χ4v) is 4.14. The molecule has 0 radical (unpaired) electrons. The van der Waals surface area contributed by atoms with Gasteiger partial charge in [0.05, 0.1) is 21.3 Å². The Bertz CT molecular complexity index is 996. The topological polar surface area (TPSA) is 83.5 Å². The quantitative estimate of drug-likeness (QED) is 0.838. The highest BCUT2D eigenvalue weighted by molar-refractivity contribution is 6.08. The van der Waals surface area contributed by atoms with E-state index >= 15 is 0 Å². The van der Waals surface area contributed by atoms with Gasteiger partial charge in [-0.1, -0.05) is 13.8 Å². The van der Waals surface area contributed by atoms with Crippen molar-refractivity contribution in [1.29, 1.82) is 0 Å². The molecule has 0 aromatic heterocycles. The Hall–Kier alpha value is -3.09. The Morgan fingerprint density at radius 1 is 1.00 bits per heavy atom.